The van der Waals surface area contributed by atoms with Crippen molar-refractivity contribution >= 4 is 0 Å². The summed E-state index contributed by atoms with van der Waals surface area (Å²) in [7, 11) is 1.96. The molecule has 2 heterocycles. The quantitative estimate of drug-likeness (QED) is 0.743. The van der Waals surface area contributed by atoms with E-state index in [9.17, 15) is 5.11 Å². The van der Waals surface area contributed by atoms with Gasteiger partial charge in [0.15, 0.2) is 0 Å². The van der Waals surface area contributed by atoms with Crippen LogP contribution >= 0.6 is 0 Å². The summed E-state index contributed by atoms with van der Waals surface area (Å²) in [5, 5.41) is 17.3. The van der Waals surface area contributed by atoms with Gasteiger partial charge in [-0.1, -0.05) is 0 Å². The van der Waals surface area contributed by atoms with Crippen LogP contribution in [0.5, 0.6) is 0 Å². The third-order valence-electron chi connectivity index (χ3n) is 3.82. The van der Waals surface area contributed by atoms with Crippen LogP contribution in [0.2, 0.25) is 0 Å². The monoisotopic (exact) mass is 266 g/mol. The Hall–Kier alpha value is -0.910. The Balaban J connectivity index is 1.56. The summed E-state index contributed by atoms with van der Waals surface area (Å²) >= 11 is 0. The molecule has 5 heteroatoms. The molecule has 0 bridgehead atoms. The minimum atomic E-state index is -0.0667. The third-order valence-corrected chi connectivity index (χ3v) is 3.82. The zero-order chi connectivity index (χ0) is 13.7. The van der Waals surface area contributed by atoms with E-state index in [2.05, 4.69) is 28.4 Å². The Bertz CT molecular complexity index is 383. The molecule has 0 radical (unpaired) electrons. The maximum Gasteiger partial charge on any atom is 0.0638 e. The van der Waals surface area contributed by atoms with Gasteiger partial charge in [0, 0.05) is 38.4 Å². The highest BCUT2D eigenvalue weighted by Gasteiger charge is 2.15. The Morgan fingerprint density at radius 3 is 2.79 bits per heavy atom. The van der Waals surface area contributed by atoms with Gasteiger partial charge in [-0.2, -0.15) is 5.10 Å². The zero-order valence-electron chi connectivity index (χ0n) is 12.1. The van der Waals surface area contributed by atoms with Gasteiger partial charge in [0.05, 0.1) is 11.8 Å². The summed E-state index contributed by atoms with van der Waals surface area (Å²) in [6, 6.07) is 0. The number of aryl methyl sites for hydroxylation is 2. The first-order valence-corrected chi connectivity index (χ1v) is 7.25. The minimum Gasteiger partial charge on any atom is -0.393 e. The van der Waals surface area contributed by atoms with Crippen LogP contribution in [0, 0.1) is 6.92 Å². The fourth-order valence-electron chi connectivity index (χ4n) is 2.62. The summed E-state index contributed by atoms with van der Waals surface area (Å²) in [6.07, 6.45) is 5.04. The normalized spacial score (nSPS) is 18.1. The second kappa shape index (κ2) is 7.03. The molecule has 1 aromatic rings. The molecule has 1 aliphatic rings. The number of hydrogen-bond donors (Lipinski definition) is 2. The molecule has 0 spiro atoms. The van der Waals surface area contributed by atoms with E-state index in [0.29, 0.717) is 0 Å². The van der Waals surface area contributed by atoms with Crippen LogP contribution in [0.25, 0.3) is 0 Å². The van der Waals surface area contributed by atoms with Crippen molar-refractivity contribution in [2.75, 3.05) is 26.2 Å². The molecule has 19 heavy (non-hydrogen) atoms. The SMILES string of the molecule is Cc1nn(C)cc1CNCCCN1CCC(O)CC1. The first kappa shape index (κ1) is 14.5. The van der Waals surface area contributed by atoms with E-state index in [-0.39, 0.29) is 6.10 Å². The fourth-order valence-corrected chi connectivity index (χ4v) is 2.62. The molecule has 1 fully saturated rings. The standard InChI is InChI=1S/C14H26N4O/c1-12-13(11-17(2)16-12)10-15-6-3-7-18-8-4-14(19)5-9-18/h11,14-15,19H,3-10H2,1-2H3. The van der Waals surface area contributed by atoms with Gasteiger partial charge in [0.25, 0.3) is 0 Å². The van der Waals surface area contributed by atoms with Crippen LogP contribution in [0.4, 0.5) is 0 Å². The largest absolute Gasteiger partial charge is 0.393 e. The average molecular weight is 266 g/mol. The van der Waals surface area contributed by atoms with Crippen LogP contribution in [0.1, 0.15) is 30.5 Å². The maximum atomic E-state index is 9.44. The van der Waals surface area contributed by atoms with Crippen molar-refractivity contribution in [3.8, 4) is 0 Å². The highest BCUT2D eigenvalue weighted by atomic mass is 16.3. The molecule has 0 saturated carbocycles. The van der Waals surface area contributed by atoms with E-state index in [1.54, 1.807) is 0 Å². The second-order valence-electron chi connectivity index (χ2n) is 5.52. The molecule has 5 nitrogen and oxygen atoms in total. The van der Waals surface area contributed by atoms with Gasteiger partial charge < -0.3 is 15.3 Å². The first-order valence-electron chi connectivity index (χ1n) is 7.25. The molecule has 108 valence electrons. The molecular formula is C14H26N4O. The number of aliphatic hydroxyl groups excluding tert-OH is 1. The molecule has 2 N–H and O–H groups in total. The third kappa shape index (κ3) is 4.60. The molecule has 0 aliphatic carbocycles. The highest BCUT2D eigenvalue weighted by molar-refractivity contribution is 5.14. The number of hydrogen-bond acceptors (Lipinski definition) is 4. The van der Waals surface area contributed by atoms with Crippen LogP contribution in [0.15, 0.2) is 6.20 Å². The van der Waals surface area contributed by atoms with Gasteiger partial charge in [0.1, 0.15) is 0 Å². The van der Waals surface area contributed by atoms with Crippen molar-refractivity contribution in [3.05, 3.63) is 17.5 Å². The topological polar surface area (TPSA) is 53.3 Å². The van der Waals surface area contributed by atoms with E-state index < -0.39 is 0 Å². The van der Waals surface area contributed by atoms with Crippen molar-refractivity contribution < 1.29 is 5.11 Å². The molecule has 1 aliphatic heterocycles. The molecule has 0 unspecified atom stereocenters. The average Bonchev–Trinajstić information content (AvgIpc) is 2.70. The van der Waals surface area contributed by atoms with Crippen LogP contribution in [0.3, 0.4) is 0 Å². The minimum absolute atomic E-state index is 0.0667. The van der Waals surface area contributed by atoms with Crippen LogP contribution < -0.4 is 5.32 Å². The summed E-state index contributed by atoms with van der Waals surface area (Å²) in [5.41, 5.74) is 2.39. The van der Waals surface area contributed by atoms with Crippen molar-refractivity contribution in [1.29, 1.82) is 0 Å². The predicted molar refractivity (Wildman–Crippen MR) is 75.9 cm³/mol. The van der Waals surface area contributed by atoms with Gasteiger partial charge in [-0.15, -0.1) is 0 Å². The lowest BCUT2D eigenvalue weighted by Gasteiger charge is -2.29. The molecule has 0 aromatic carbocycles. The Morgan fingerprint density at radius 2 is 2.16 bits per heavy atom. The molecule has 1 aromatic heterocycles. The summed E-state index contributed by atoms with van der Waals surface area (Å²) in [5.74, 6) is 0. The molecule has 0 atom stereocenters. The Morgan fingerprint density at radius 1 is 1.42 bits per heavy atom. The van der Waals surface area contributed by atoms with Crippen molar-refractivity contribution in [3.63, 3.8) is 0 Å². The van der Waals surface area contributed by atoms with Crippen molar-refractivity contribution in [2.45, 2.75) is 38.8 Å². The lowest BCUT2D eigenvalue weighted by molar-refractivity contribution is 0.0821. The molecule has 0 amide bonds. The van der Waals surface area contributed by atoms with Gasteiger partial charge >= 0.3 is 0 Å². The van der Waals surface area contributed by atoms with Gasteiger partial charge in [-0.3, -0.25) is 4.68 Å². The van der Waals surface area contributed by atoms with Crippen LogP contribution in [-0.2, 0) is 13.6 Å². The smallest absolute Gasteiger partial charge is 0.0638 e. The maximum absolute atomic E-state index is 9.44. The Labute approximate surface area is 115 Å². The number of nitrogens with one attached hydrogen (secondary N) is 1. The van der Waals surface area contributed by atoms with E-state index in [1.165, 1.54) is 5.56 Å². The molecular weight excluding hydrogens is 240 g/mol. The lowest BCUT2D eigenvalue weighted by atomic mass is 10.1. The number of aliphatic hydroxyl groups is 1. The highest BCUT2D eigenvalue weighted by Crippen LogP contribution is 2.09. The van der Waals surface area contributed by atoms with E-state index in [4.69, 9.17) is 0 Å². The van der Waals surface area contributed by atoms with Crippen LogP contribution in [-0.4, -0.2) is 52.1 Å². The summed E-state index contributed by atoms with van der Waals surface area (Å²) in [4.78, 5) is 2.45. The van der Waals surface area contributed by atoms with E-state index in [0.717, 1.165) is 57.7 Å². The summed E-state index contributed by atoms with van der Waals surface area (Å²) < 4.78 is 1.87. The fraction of sp³-hybridized carbons (Fsp3) is 0.786. The number of aromatic nitrogens is 2. The second-order valence-corrected chi connectivity index (χ2v) is 5.52. The molecule has 2 rings (SSSR count). The van der Waals surface area contributed by atoms with E-state index in [1.807, 2.05) is 11.7 Å². The van der Waals surface area contributed by atoms with E-state index >= 15 is 0 Å². The number of rotatable bonds is 6. The molecule has 1 saturated heterocycles. The van der Waals surface area contributed by atoms with Crippen molar-refractivity contribution in [1.82, 2.24) is 20.0 Å². The number of nitrogens with zero attached hydrogens (tertiary/aromatic N) is 3. The lowest BCUT2D eigenvalue weighted by Crippen LogP contribution is -2.37. The van der Waals surface area contributed by atoms with Gasteiger partial charge in [-0.05, 0) is 39.3 Å². The number of likely N-dealkylation sites (tertiary alicyclic amines) is 1. The zero-order valence-corrected chi connectivity index (χ0v) is 12.1. The predicted octanol–water partition coefficient (Wildman–Crippen LogP) is 0.665. The Kier molecular flexibility index (Phi) is 5.36. The van der Waals surface area contributed by atoms with Gasteiger partial charge in [-0.25, -0.2) is 0 Å². The number of piperidine rings is 1. The summed E-state index contributed by atoms with van der Waals surface area (Å²) in [6.45, 7) is 7.21. The first-order chi connectivity index (χ1) is 9.15. The van der Waals surface area contributed by atoms with Gasteiger partial charge in [0.2, 0.25) is 0 Å². The van der Waals surface area contributed by atoms with Crippen molar-refractivity contribution in [2.24, 2.45) is 7.05 Å².